The fourth-order valence-corrected chi connectivity index (χ4v) is 4.19. The molecule has 2 aromatic rings. The Morgan fingerprint density at radius 3 is 2.56 bits per heavy atom. The summed E-state index contributed by atoms with van der Waals surface area (Å²) in [4.78, 5) is 17.8. The van der Waals surface area contributed by atoms with Crippen molar-refractivity contribution in [3.63, 3.8) is 0 Å². The van der Waals surface area contributed by atoms with E-state index in [-0.39, 0.29) is 11.9 Å². The number of amides is 1. The van der Waals surface area contributed by atoms with Crippen molar-refractivity contribution in [2.24, 2.45) is 7.05 Å². The lowest BCUT2D eigenvalue weighted by Gasteiger charge is -2.40. The Morgan fingerprint density at radius 1 is 1.26 bits per heavy atom. The molecule has 0 aliphatic carbocycles. The molecule has 0 N–H and O–H groups in total. The summed E-state index contributed by atoms with van der Waals surface area (Å²) in [5, 5.41) is 4.50. The SMILES string of the molecule is Cc1nn(C)c(C)c1CN(C)C(=O)[C@H](c1ccccc1)N1CCCC[C@@H]1C. The summed E-state index contributed by atoms with van der Waals surface area (Å²) >= 11 is 0. The molecule has 1 amide bonds. The smallest absolute Gasteiger partial charge is 0.244 e. The molecular weight excluding hydrogens is 336 g/mol. The van der Waals surface area contributed by atoms with E-state index in [2.05, 4.69) is 36.0 Å². The molecule has 3 rings (SSSR count). The number of carbonyl (C=O) groups excluding carboxylic acids is 1. The molecule has 5 nitrogen and oxygen atoms in total. The minimum atomic E-state index is -0.219. The van der Waals surface area contributed by atoms with E-state index in [9.17, 15) is 4.79 Å². The standard InChI is InChI=1S/C22H32N4O/c1-16-11-9-10-14-26(16)21(19-12-7-6-8-13-19)22(27)24(4)15-20-17(2)23-25(5)18(20)3/h6-8,12-13,16,21H,9-11,14-15H2,1-5H3/t16-,21-/m0/s1. The lowest BCUT2D eigenvalue weighted by atomic mass is 9.96. The number of likely N-dealkylation sites (tertiary alicyclic amines) is 1. The van der Waals surface area contributed by atoms with E-state index in [0.29, 0.717) is 12.6 Å². The lowest BCUT2D eigenvalue weighted by molar-refractivity contribution is -0.138. The van der Waals surface area contributed by atoms with Gasteiger partial charge in [0.2, 0.25) is 5.91 Å². The summed E-state index contributed by atoms with van der Waals surface area (Å²) in [7, 11) is 3.87. The summed E-state index contributed by atoms with van der Waals surface area (Å²) in [6.45, 7) is 7.90. The number of carbonyl (C=O) groups is 1. The highest BCUT2D eigenvalue weighted by atomic mass is 16.2. The van der Waals surface area contributed by atoms with Crippen LogP contribution in [0, 0.1) is 13.8 Å². The van der Waals surface area contributed by atoms with Crippen molar-refractivity contribution in [3.8, 4) is 0 Å². The average molecular weight is 369 g/mol. The molecule has 1 fully saturated rings. The maximum absolute atomic E-state index is 13.6. The zero-order valence-electron chi connectivity index (χ0n) is 17.3. The number of hydrogen-bond donors (Lipinski definition) is 0. The second kappa shape index (κ2) is 8.26. The van der Waals surface area contributed by atoms with E-state index < -0.39 is 0 Å². The number of aromatic nitrogens is 2. The summed E-state index contributed by atoms with van der Waals surface area (Å²) in [6.07, 6.45) is 3.56. The van der Waals surface area contributed by atoms with Gasteiger partial charge in [-0.05, 0) is 45.7 Å². The van der Waals surface area contributed by atoms with E-state index in [1.165, 1.54) is 6.42 Å². The van der Waals surface area contributed by atoms with Crippen molar-refractivity contribution in [1.82, 2.24) is 19.6 Å². The first-order valence-corrected chi connectivity index (χ1v) is 9.95. The van der Waals surface area contributed by atoms with Crippen molar-refractivity contribution >= 4 is 5.91 Å². The minimum Gasteiger partial charge on any atom is -0.340 e. The van der Waals surface area contributed by atoms with Crippen LogP contribution in [0.15, 0.2) is 30.3 Å². The van der Waals surface area contributed by atoms with Crippen LogP contribution >= 0.6 is 0 Å². The van der Waals surface area contributed by atoms with Gasteiger partial charge < -0.3 is 4.90 Å². The molecule has 1 aliphatic heterocycles. The maximum atomic E-state index is 13.6. The van der Waals surface area contributed by atoms with Gasteiger partial charge in [0.05, 0.1) is 5.69 Å². The van der Waals surface area contributed by atoms with E-state index in [1.807, 2.05) is 48.8 Å². The van der Waals surface area contributed by atoms with Gasteiger partial charge in [0.25, 0.3) is 0 Å². The number of hydrogen-bond acceptors (Lipinski definition) is 3. The predicted octanol–water partition coefficient (Wildman–Crippen LogP) is 3.61. The summed E-state index contributed by atoms with van der Waals surface area (Å²) in [5.74, 6) is 0.164. The van der Waals surface area contributed by atoms with Gasteiger partial charge in [-0.3, -0.25) is 14.4 Å². The van der Waals surface area contributed by atoms with Gasteiger partial charge in [0.1, 0.15) is 6.04 Å². The van der Waals surface area contributed by atoms with Gasteiger partial charge in [-0.25, -0.2) is 0 Å². The molecule has 5 heteroatoms. The number of nitrogens with zero attached hydrogens (tertiary/aromatic N) is 4. The molecule has 1 aromatic carbocycles. The van der Waals surface area contributed by atoms with E-state index in [1.54, 1.807) is 0 Å². The molecular formula is C22H32N4O. The Morgan fingerprint density at radius 2 is 1.96 bits per heavy atom. The van der Waals surface area contributed by atoms with Crippen LogP contribution < -0.4 is 0 Å². The molecule has 0 bridgehead atoms. The zero-order valence-corrected chi connectivity index (χ0v) is 17.3. The molecule has 1 aliphatic rings. The summed E-state index contributed by atoms with van der Waals surface area (Å²) < 4.78 is 1.89. The van der Waals surface area contributed by atoms with Crippen LogP contribution in [0.5, 0.6) is 0 Å². The molecule has 0 spiro atoms. The summed E-state index contributed by atoms with van der Waals surface area (Å²) in [6, 6.07) is 10.4. The van der Waals surface area contributed by atoms with Crippen LogP contribution in [0.25, 0.3) is 0 Å². The topological polar surface area (TPSA) is 41.4 Å². The van der Waals surface area contributed by atoms with Crippen LogP contribution in [-0.4, -0.2) is 45.1 Å². The fraction of sp³-hybridized carbons (Fsp3) is 0.545. The number of piperidine rings is 1. The maximum Gasteiger partial charge on any atom is 0.244 e. The van der Waals surface area contributed by atoms with Crippen molar-refractivity contribution in [2.75, 3.05) is 13.6 Å². The van der Waals surface area contributed by atoms with Crippen molar-refractivity contribution in [2.45, 2.75) is 58.7 Å². The molecule has 0 unspecified atom stereocenters. The van der Waals surface area contributed by atoms with Crippen molar-refractivity contribution < 1.29 is 4.79 Å². The molecule has 1 aromatic heterocycles. The van der Waals surface area contributed by atoms with Crippen LogP contribution in [-0.2, 0) is 18.4 Å². The van der Waals surface area contributed by atoms with Gasteiger partial charge in [0, 0.05) is 37.9 Å². The van der Waals surface area contributed by atoms with Gasteiger partial charge >= 0.3 is 0 Å². The first-order chi connectivity index (χ1) is 12.9. The fourth-order valence-electron chi connectivity index (χ4n) is 4.19. The van der Waals surface area contributed by atoms with E-state index in [0.717, 1.165) is 41.9 Å². The average Bonchev–Trinajstić information content (AvgIpc) is 2.90. The highest BCUT2D eigenvalue weighted by molar-refractivity contribution is 5.83. The number of aryl methyl sites for hydroxylation is 2. The highest BCUT2D eigenvalue weighted by Crippen LogP contribution is 2.30. The largest absolute Gasteiger partial charge is 0.340 e. The number of benzene rings is 1. The predicted molar refractivity (Wildman–Crippen MR) is 108 cm³/mol. The van der Waals surface area contributed by atoms with Gasteiger partial charge in [-0.15, -0.1) is 0 Å². The van der Waals surface area contributed by atoms with Crippen LogP contribution in [0.1, 0.15) is 54.7 Å². The molecule has 2 heterocycles. The van der Waals surface area contributed by atoms with Crippen LogP contribution in [0.4, 0.5) is 0 Å². The highest BCUT2D eigenvalue weighted by Gasteiger charge is 2.34. The van der Waals surface area contributed by atoms with Crippen LogP contribution in [0.3, 0.4) is 0 Å². The molecule has 2 atom stereocenters. The molecule has 0 saturated carbocycles. The molecule has 146 valence electrons. The molecule has 1 saturated heterocycles. The Hall–Kier alpha value is -2.14. The minimum absolute atomic E-state index is 0.164. The third-order valence-corrected chi connectivity index (χ3v) is 5.97. The third-order valence-electron chi connectivity index (χ3n) is 5.97. The molecule has 27 heavy (non-hydrogen) atoms. The lowest BCUT2D eigenvalue weighted by Crippen LogP contribution is -2.47. The normalized spacial score (nSPS) is 19.1. The third kappa shape index (κ3) is 4.08. The Balaban J connectivity index is 1.88. The van der Waals surface area contributed by atoms with Crippen molar-refractivity contribution in [3.05, 3.63) is 52.8 Å². The Labute approximate surface area is 163 Å². The zero-order chi connectivity index (χ0) is 19.6. The van der Waals surface area contributed by atoms with Crippen molar-refractivity contribution in [1.29, 1.82) is 0 Å². The summed E-state index contributed by atoms with van der Waals surface area (Å²) in [5.41, 5.74) is 4.35. The number of rotatable bonds is 5. The Kier molecular flexibility index (Phi) is 6.00. The molecule has 0 radical (unpaired) electrons. The Bertz CT molecular complexity index is 783. The quantitative estimate of drug-likeness (QED) is 0.809. The van der Waals surface area contributed by atoms with Gasteiger partial charge in [0.15, 0.2) is 0 Å². The van der Waals surface area contributed by atoms with Gasteiger partial charge in [-0.1, -0.05) is 36.8 Å². The monoisotopic (exact) mass is 368 g/mol. The first-order valence-electron chi connectivity index (χ1n) is 9.95. The van der Waals surface area contributed by atoms with E-state index >= 15 is 0 Å². The first kappa shape index (κ1) is 19.6. The van der Waals surface area contributed by atoms with Gasteiger partial charge in [-0.2, -0.15) is 5.10 Å². The number of likely N-dealkylation sites (N-methyl/N-ethyl adjacent to an activating group) is 1. The van der Waals surface area contributed by atoms with Crippen LogP contribution in [0.2, 0.25) is 0 Å². The second-order valence-corrected chi connectivity index (χ2v) is 7.86. The second-order valence-electron chi connectivity index (χ2n) is 7.86. The van der Waals surface area contributed by atoms with E-state index in [4.69, 9.17) is 0 Å².